The lowest BCUT2D eigenvalue weighted by Gasteiger charge is -2.02. The Balaban J connectivity index is 2.30. The largest absolute Gasteiger partial charge is 0.481 e. The first-order valence-electron chi connectivity index (χ1n) is 4.86. The molecule has 0 fully saturated rings. The van der Waals surface area contributed by atoms with Gasteiger partial charge in [-0.3, -0.25) is 9.59 Å². The standard InChI is InChI=1S/C10H10Br2O4S/c11-7-5-6(10(12)17-7)16-9(15)4-2-1-3-8(13)14/h5H,1-4H2,(H,13,14). The van der Waals surface area contributed by atoms with Crippen molar-refractivity contribution >= 4 is 55.1 Å². The molecule has 4 nitrogen and oxygen atoms in total. The van der Waals surface area contributed by atoms with Gasteiger partial charge in [0.15, 0.2) is 5.75 Å². The molecule has 0 aliphatic heterocycles. The van der Waals surface area contributed by atoms with Crippen molar-refractivity contribution in [2.24, 2.45) is 0 Å². The maximum Gasteiger partial charge on any atom is 0.311 e. The molecular formula is C10H10Br2O4S. The van der Waals surface area contributed by atoms with Crippen molar-refractivity contribution in [1.82, 2.24) is 0 Å². The zero-order valence-corrected chi connectivity index (χ0v) is 12.7. The van der Waals surface area contributed by atoms with Crippen LogP contribution in [0.15, 0.2) is 13.6 Å². The summed E-state index contributed by atoms with van der Waals surface area (Å²) in [5.41, 5.74) is 0. The van der Waals surface area contributed by atoms with Gasteiger partial charge in [-0.1, -0.05) is 0 Å². The van der Waals surface area contributed by atoms with E-state index in [1.807, 2.05) is 0 Å². The van der Waals surface area contributed by atoms with E-state index in [-0.39, 0.29) is 18.8 Å². The average molecular weight is 386 g/mol. The van der Waals surface area contributed by atoms with Crippen LogP contribution in [-0.4, -0.2) is 17.0 Å². The predicted molar refractivity (Wildman–Crippen MR) is 71.5 cm³/mol. The molecule has 1 aromatic rings. The molecule has 1 aromatic heterocycles. The van der Waals surface area contributed by atoms with Gasteiger partial charge in [0.2, 0.25) is 0 Å². The number of carboxylic acid groups (broad SMARTS) is 1. The molecule has 0 unspecified atom stereocenters. The van der Waals surface area contributed by atoms with E-state index in [0.29, 0.717) is 18.6 Å². The lowest BCUT2D eigenvalue weighted by Crippen LogP contribution is -2.07. The number of carbonyl (C=O) groups excluding carboxylic acids is 1. The highest BCUT2D eigenvalue weighted by Crippen LogP contribution is 2.37. The Kier molecular flexibility index (Phi) is 6.15. The lowest BCUT2D eigenvalue weighted by molar-refractivity contribution is -0.138. The minimum absolute atomic E-state index is 0.0843. The van der Waals surface area contributed by atoms with Gasteiger partial charge in [-0.05, 0) is 44.7 Å². The minimum Gasteiger partial charge on any atom is -0.481 e. The maximum atomic E-state index is 11.4. The van der Waals surface area contributed by atoms with Crippen LogP contribution in [0.1, 0.15) is 25.7 Å². The fourth-order valence-corrected chi connectivity index (χ4v) is 3.72. The van der Waals surface area contributed by atoms with Crippen LogP contribution >= 0.6 is 43.2 Å². The summed E-state index contributed by atoms with van der Waals surface area (Å²) in [6.45, 7) is 0. The van der Waals surface area contributed by atoms with Gasteiger partial charge < -0.3 is 9.84 Å². The van der Waals surface area contributed by atoms with Crippen molar-refractivity contribution in [1.29, 1.82) is 0 Å². The highest BCUT2D eigenvalue weighted by molar-refractivity contribution is 9.12. The summed E-state index contributed by atoms with van der Waals surface area (Å²) in [6, 6.07) is 1.71. The van der Waals surface area contributed by atoms with E-state index in [0.717, 1.165) is 7.57 Å². The number of carbonyl (C=O) groups is 2. The molecule has 1 rings (SSSR count). The Morgan fingerprint density at radius 2 is 1.94 bits per heavy atom. The normalized spacial score (nSPS) is 10.2. The molecule has 1 heterocycles. The van der Waals surface area contributed by atoms with Crippen LogP contribution in [0, 0.1) is 0 Å². The van der Waals surface area contributed by atoms with E-state index in [2.05, 4.69) is 31.9 Å². The van der Waals surface area contributed by atoms with Gasteiger partial charge in [0.25, 0.3) is 0 Å². The smallest absolute Gasteiger partial charge is 0.311 e. The number of aliphatic carboxylic acids is 1. The molecule has 0 amide bonds. The molecule has 0 aliphatic carbocycles. The van der Waals surface area contributed by atoms with Crippen molar-refractivity contribution in [3.8, 4) is 5.75 Å². The minimum atomic E-state index is -0.845. The molecule has 0 saturated heterocycles. The zero-order chi connectivity index (χ0) is 12.8. The fourth-order valence-electron chi connectivity index (χ4n) is 1.11. The summed E-state index contributed by atoms with van der Waals surface area (Å²) >= 11 is 7.99. The molecule has 17 heavy (non-hydrogen) atoms. The van der Waals surface area contributed by atoms with Gasteiger partial charge in [0.05, 0.1) is 3.79 Å². The fraction of sp³-hybridized carbons (Fsp3) is 0.400. The van der Waals surface area contributed by atoms with Crippen LogP contribution in [0.5, 0.6) is 5.75 Å². The zero-order valence-electron chi connectivity index (χ0n) is 8.74. The SMILES string of the molecule is O=C(O)CCCCC(=O)Oc1cc(Br)sc1Br. The summed E-state index contributed by atoms with van der Waals surface area (Å²) in [5, 5.41) is 8.43. The van der Waals surface area contributed by atoms with E-state index >= 15 is 0 Å². The third-order valence-corrected chi connectivity index (χ3v) is 4.15. The van der Waals surface area contributed by atoms with Crippen LogP contribution in [0.3, 0.4) is 0 Å². The van der Waals surface area contributed by atoms with Crippen molar-refractivity contribution in [3.05, 3.63) is 13.6 Å². The Hall–Kier alpha value is -0.400. The number of rotatable bonds is 6. The van der Waals surface area contributed by atoms with Gasteiger partial charge in [0.1, 0.15) is 3.79 Å². The van der Waals surface area contributed by atoms with E-state index < -0.39 is 5.97 Å². The molecule has 0 saturated carbocycles. The summed E-state index contributed by atoms with van der Waals surface area (Å²) in [4.78, 5) is 21.7. The molecule has 94 valence electrons. The van der Waals surface area contributed by atoms with Crippen LogP contribution in [0.25, 0.3) is 0 Å². The van der Waals surface area contributed by atoms with E-state index in [1.165, 1.54) is 11.3 Å². The average Bonchev–Trinajstić information content (AvgIpc) is 2.52. The van der Waals surface area contributed by atoms with Crippen LogP contribution in [0.2, 0.25) is 0 Å². The van der Waals surface area contributed by atoms with Gasteiger partial charge in [-0.15, -0.1) is 11.3 Å². The number of halogens is 2. The first kappa shape index (κ1) is 14.7. The number of esters is 1. The second kappa shape index (κ2) is 7.13. The molecule has 1 N–H and O–H groups in total. The number of unbranched alkanes of at least 4 members (excludes halogenated alkanes) is 1. The molecule has 0 aliphatic rings. The number of ether oxygens (including phenoxy) is 1. The Bertz CT molecular complexity index is 416. The van der Waals surface area contributed by atoms with E-state index in [4.69, 9.17) is 9.84 Å². The second-order valence-electron chi connectivity index (χ2n) is 3.26. The number of hydrogen-bond donors (Lipinski definition) is 1. The molecule has 0 spiro atoms. The first-order valence-corrected chi connectivity index (χ1v) is 7.26. The molecule has 0 atom stereocenters. The summed E-state index contributed by atoms with van der Waals surface area (Å²) in [5.74, 6) is -0.700. The van der Waals surface area contributed by atoms with Gasteiger partial charge in [-0.2, -0.15) is 0 Å². The highest BCUT2D eigenvalue weighted by Gasteiger charge is 2.11. The molecule has 0 radical (unpaired) electrons. The van der Waals surface area contributed by atoms with Crippen molar-refractivity contribution < 1.29 is 19.4 Å². The van der Waals surface area contributed by atoms with Crippen molar-refractivity contribution in [3.63, 3.8) is 0 Å². The maximum absolute atomic E-state index is 11.4. The monoisotopic (exact) mass is 384 g/mol. The summed E-state index contributed by atoms with van der Waals surface area (Å²) < 4.78 is 6.75. The quantitative estimate of drug-likeness (QED) is 0.597. The summed E-state index contributed by atoms with van der Waals surface area (Å²) in [7, 11) is 0. The molecule has 7 heteroatoms. The van der Waals surface area contributed by atoms with E-state index in [9.17, 15) is 9.59 Å². The van der Waals surface area contributed by atoms with Gasteiger partial charge in [-0.25, -0.2) is 0 Å². The summed E-state index contributed by atoms with van der Waals surface area (Å²) in [6.07, 6.45) is 1.32. The third-order valence-electron chi connectivity index (χ3n) is 1.87. The van der Waals surface area contributed by atoms with Crippen molar-refractivity contribution in [2.75, 3.05) is 0 Å². The van der Waals surface area contributed by atoms with Gasteiger partial charge in [0, 0.05) is 18.9 Å². The Morgan fingerprint density at radius 3 is 2.47 bits per heavy atom. The highest BCUT2D eigenvalue weighted by atomic mass is 79.9. The molecule has 0 bridgehead atoms. The predicted octanol–water partition coefficient (Wildman–Crippen LogP) is 3.82. The van der Waals surface area contributed by atoms with Gasteiger partial charge >= 0.3 is 11.9 Å². The van der Waals surface area contributed by atoms with Crippen LogP contribution in [0.4, 0.5) is 0 Å². The van der Waals surface area contributed by atoms with E-state index in [1.54, 1.807) is 6.07 Å². The molecule has 0 aromatic carbocycles. The number of thiophene rings is 1. The van der Waals surface area contributed by atoms with Crippen LogP contribution in [-0.2, 0) is 9.59 Å². The topological polar surface area (TPSA) is 63.6 Å². The number of hydrogen-bond acceptors (Lipinski definition) is 4. The second-order valence-corrected chi connectivity index (χ2v) is 7.01. The third kappa shape index (κ3) is 5.65. The van der Waals surface area contributed by atoms with Crippen molar-refractivity contribution in [2.45, 2.75) is 25.7 Å². The lowest BCUT2D eigenvalue weighted by atomic mass is 10.2. The van der Waals surface area contributed by atoms with Crippen LogP contribution < -0.4 is 4.74 Å². The Morgan fingerprint density at radius 1 is 1.29 bits per heavy atom. The molecular weight excluding hydrogens is 376 g/mol. The first-order chi connectivity index (χ1) is 7.99. The number of carboxylic acids is 1. The Labute approximate surface area is 119 Å².